The van der Waals surface area contributed by atoms with E-state index in [0.717, 1.165) is 33.6 Å². The number of ether oxygens (including phenoxy) is 2. The van der Waals surface area contributed by atoms with Gasteiger partial charge in [-0.3, -0.25) is 10.1 Å². The number of nitrogens with zero attached hydrogens (tertiary/aromatic N) is 4. The van der Waals surface area contributed by atoms with E-state index < -0.39 is 17.5 Å². The highest BCUT2D eigenvalue weighted by atomic mass is 79.9. The van der Waals surface area contributed by atoms with Crippen molar-refractivity contribution in [3.63, 3.8) is 0 Å². The molecule has 10 nitrogen and oxygen atoms in total. The average Bonchev–Trinajstić information content (AvgIpc) is 3.11. The molecule has 1 aromatic rings. The van der Waals surface area contributed by atoms with Gasteiger partial charge in [-0.15, -0.1) is 5.10 Å². The van der Waals surface area contributed by atoms with E-state index >= 15 is 0 Å². The number of amidine groups is 1. The summed E-state index contributed by atoms with van der Waals surface area (Å²) >= 11 is 4.49. The Morgan fingerprint density at radius 3 is 2.56 bits per heavy atom. The number of hydrogen-bond donors (Lipinski definition) is 1. The van der Waals surface area contributed by atoms with E-state index in [4.69, 9.17) is 4.74 Å². The van der Waals surface area contributed by atoms with Crippen molar-refractivity contribution in [3.8, 4) is 0 Å². The van der Waals surface area contributed by atoms with Crippen molar-refractivity contribution in [1.29, 1.82) is 0 Å². The molecule has 0 radical (unpaired) electrons. The van der Waals surface area contributed by atoms with Gasteiger partial charge in [0.05, 0.1) is 18.2 Å². The molecule has 12 heteroatoms. The lowest BCUT2D eigenvalue weighted by Crippen LogP contribution is -2.50. The summed E-state index contributed by atoms with van der Waals surface area (Å²) in [6.45, 7) is 7.92. The monoisotopic (exact) mass is 551 g/mol. The van der Waals surface area contributed by atoms with Gasteiger partial charge in [0, 0.05) is 48.0 Å². The Morgan fingerprint density at radius 2 is 1.91 bits per heavy atom. The number of piperazine rings is 1. The fourth-order valence-corrected chi connectivity index (χ4v) is 4.28. The molecule has 2 heterocycles. The molecule has 2 aliphatic rings. The zero-order chi connectivity index (χ0) is 24.9. The third kappa shape index (κ3) is 7.07. The van der Waals surface area contributed by atoms with Crippen molar-refractivity contribution in [2.75, 3.05) is 38.2 Å². The van der Waals surface area contributed by atoms with Gasteiger partial charge in [-0.2, -0.15) is 5.10 Å². The van der Waals surface area contributed by atoms with Crippen LogP contribution in [0.1, 0.15) is 26.3 Å². The number of anilines is 1. The highest BCUT2D eigenvalue weighted by Gasteiger charge is 2.27. The molecular formula is C22H26BrN5O5S. The van der Waals surface area contributed by atoms with E-state index in [1.165, 1.54) is 7.11 Å². The predicted octanol–water partition coefficient (Wildman–Crippen LogP) is 3.12. The predicted molar refractivity (Wildman–Crippen MR) is 135 cm³/mol. The van der Waals surface area contributed by atoms with Crippen LogP contribution in [0.2, 0.25) is 0 Å². The molecule has 182 valence electrons. The summed E-state index contributed by atoms with van der Waals surface area (Å²) in [4.78, 5) is 39.7. The summed E-state index contributed by atoms with van der Waals surface area (Å²) in [5, 5.41) is 11.0. The van der Waals surface area contributed by atoms with E-state index in [1.807, 2.05) is 39.0 Å². The summed E-state index contributed by atoms with van der Waals surface area (Å²) in [5.74, 6) is -1.05. The van der Waals surface area contributed by atoms with Crippen molar-refractivity contribution in [1.82, 2.24) is 10.2 Å². The summed E-state index contributed by atoms with van der Waals surface area (Å²) < 4.78 is 10.9. The molecule has 0 saturated carbocycles. The van der Waals surface area contributed by atoms with Gasteiger partial charge in [-0.25, -0.2) is 9.59 Å². The molecule has 0 aliphatic carbocycles. The number of nitrogens with one attached hydrogen (secondary N) is 1. The third-order valence-corrected chi connectivity index (χ3v) is 6.10. The van der Waals surface area contributed by atoms with Gasteiger partial charge < -0.3 is 19.3 Å². The number of methoxy groups -OCH3 is 1. The van der Waals surface area contributed by atoms with Crippen molar-refractivity contribution in [2.24, 2.45) is 10.2 Å². The molecule has 2 amide bonds. The maximum atomic E-state index is 12.3. The molecule has 0 spiro atoms. The molecule has 2 saturated heterocycles. The average molecular weight is 552 g/mol. The standard InChI is InChI=1S/C22H26BrN5O5S/c1-22(2,3)33-21(31)28-9-7-27(8-10-28)16-6-5-15(23)11-14(16)13-24-26-20-25-19(30)17(34-20)12-18(29)32-4/h5-6,11-13H,7-10H2,1-4H3,(H,25,26,30)/b17-12+,24-13?. The van der Waals surface area contributed by atoms with Gasteiger partial charge in [0.1, 0.15) is 5.60 Å². The van der Waals surface area contributed by atoms with Gasteiger partial charge in [-0.05, 0) is 50.7 Å². The van der Waals surface area contributed by atoms with Crippen molar-refractivity contribution in [2.45, 2.75) is 26.4 Å². The number of hydrogen-bond acceptors (Lipinski definition) is 9. The van der Waals surface area contributed by atoms with Gasteiger partial charge in [-0.1, -0.05) is 15.9 Å². The Balaban J connectivity index is 1.68. The van der Waals surface area contributed by atoms with Crippen molar-refractivity contribution in [3.05, 3.63) is 39.2 Å². The van der Waals surface area contributed by atoms with Crippen LogP contribution in [0.5, 0.6) is 0 Å². The molecule has 0 unspecified atom stereocenters. The molecule has 0 aromatic heterocycles. The molecular weight excluding hydrogens is 526 g/mol. The number of amides is 2. The molecule has 34 heavy (non-hydrogen) atoms. The van der Waals surface area contributed by atoms with Crippen molar-refractivity contribution < 1.29 is 23.9 Å². The maximum absolute atomic E-state index is 12.3. The Morgan fingerprint density at radius 1 is 1.21 bits per heavy atom. The second-order valence-corrected chi connectivity index (χ2v) is 10.3. The minimum atomic E-state index is -0.618. The number of benzene rings is 1. The molecule has 3 rings (SSSR count). The lowest BCUT2D eigenvalue weighted by Gasteiger charge is -2.37. The van der Waals surface area contributed by atoms with Gasteiger partial charge in [0.2, 0.25) is 0 Å². The lowest BCUT2D eigenvalue weighted by molar-refractivity contribution is -0.135. The molecule has 0 atom stereocenters. The first-order valence-electron chi connectivity index (χ1n) is 10.5. The zero-order valence-corrected chi connectivity index (χ0v) is 21.7. The van der Waals surface area contributed by atoms with Crippen LogP contribution >= 0.6 is 27.7 Å². The maximum Gasteiger partial charge on any atom is 0.410 e. The third-order valence-electron chi connectivity index (χ3n) is 4.71. The second-order valence-electron chi connectivity index (χ2n) is 8.40. The van der Waals surface area contributed by atoms with E-state index in [2.05, 4.69) is 41.1 Å². The van der Waals surface area contributed by atoms with Crippen LogP contribution in [0.4, 0.5) is 10.5 Å². The second kappa shape index (κ2) is 11.0. The highest BCUT2D eigenvalue weighted by molar-refractivity contribution is 9.10. The van der Waals surface area contributed by atoms with E-state index in [9.17, 15) is 14.4 Å². The number of thioether (sulfide) groups is 1. The van der Waals surface area contributed by atoms with Crippen LogP contribution in [0, 0.1) is 0 Å². The summed E-state index contributed by atoms with van der Waals surface area (Å²) in [6.07, 6.45) is 2.40. The largest absolute Gasteiger partial charge is 0.466 e. The van der Waals surface area contributed by atoms with Gasteiger partial charge >= 0.3 is 12.1 Å². The first-order valence-corrected chi connectivity index (χ1v) is 12.1. The number of carbonyl (C=O) groups excluding carboxylic acids is 3. The number of rotatable bonds is 4. The molecule has 1 N–H and O–H groups in total. The van der Waals surface area contributed by atoms with E-state index in [1.54, 1.807) is 11.1 Å². The summed E-state index contributed by atoms with van der Waals surface area (Å²) in [6, 6.07) is 5.84. The lowest BCUT2D eigenvalue weighted by atomic mass is 10.1. The summed E-state index contributed by atoms with van der Waals surface area (Å²) in [7, 11) is 1.24. The fraction of sp³-hybridized carbons (Fsp3) is 0.409. The van der Waals surface area contributed by atoms with E-state index in [-0.39, 0.29) is 16.2 Å². The fourth-order valence-electron chi connectivity index (χ4n) is 3.16. The van der Waals surface area contributed by atoms with Crippen LogP contribution in [-0.2, 0) is 19.1 Å². The minimum Gasteiger partial charge on any atom is -0.466 e. The Hall–Kier alpha value is -2.86. The first kappa shape index (κ1) is 25.8. The van der Waals surface area contributed by atoms with Crippen LogP contribution in [-0.4, -0.2) is 73.1 Å². The number of carbonyl (C=O) groups is 3. The SMILES string of the molecule is COC(=O)/C=C1/S/C(=N\N=Cc2cc(Br)ccc2N2CCN(C(=O)OC(C)(C)C)CC2)NC1=O. The normalized spacial score (nSPS) is 19.1. The van der Waals surface area contributed by atoms with Crippen LogP contribution in [0.25, 0.3) is 0 Å². The quantitative estimate of drug-likeness (QED) is 0.264. The van der Waals surface area contributed by atoms with Crippen LogP contribution in [0.3, 0.4) is 0 Å². The van der Waals surface area contributed by atoms with Crippen molar-refractivity contribution >= 4 is 62.7 Å². The molecule has 0 bridgehead atoms. The highest BCUT2D eigenvalue weighted by Crippen LogP contribution is 2.26. The molecule has 1 aromatic carbocycles. The molecule has 2 aliphatic heterocycles. The Labute approximate surface area is 210 Å². The number of halogens is 1. The molecule has 2 fully saturated rings. The number of esters is 1. The summed E-state index contributed by atoms with van der Waals surface area (Å²) in [5.41, 5.74) is 1.24. The van der Waals surface area contributed by atoms with Gasteiger partial charge in [0.15, 0.2) is 5.17 Å². The topological polar surface area (TPSA) is 113 Å². The minimum absolute atomic E-state index is 0.187. The first-order chi connectivity index (χ1) is 16.1. The van der Waals surface area contributed by atoms with Crippen LogP contribution < -0.4 is 10.2 Å². The Bertz CT molecular complexity index is 1060. The Kier molecular flexibility index (Phi) is 8.37. The zero-order valence-electron chi connectivity index (χ0n) is 19.3. The van der Waals surface area contributed by atoms with Crippen LogP contribution in [0.15, 0.2) is 43.9 Å². The van der Waals surface area contributed by atoms with E-state index in [0.29, 0.717) is 26.2 Å². The van der Waals surface area contributed by atoms with Gasteiger partial charge in [0.25, 0.3) is 5.91 Å². The smallest absolute Gasteiger partial charge is 0.410 e.